The summed E-state index contributed by atoms with van der Waals surface area (Å²) < 4.78 is 28.3. The number of rotatable bonds is 4. The third-order valence-electron chi connectivity index (χ3n) is 6.61. The molecule has 8 heteroatoms. The van der Waals surface area contributed by atoms with Crippen LogP contribution in [0.1, 0.15) is 34.7 Å². The van der Waals surface area contributed by atoms with Gasteiger partial charge in [-0.3, -0.25) is 4.98 Å². The molecule has 1 saturated heterocycles. The van der Waals surface area contributed by atoms with E-state index in [1.54, 1.807) is 18.3 Å². The van der Waals surface area contributed by atoms with Gasteiger partial charge >= 0.3 is 0 Å². The topological polar surface area (TPSA) is 51.6 Å². The van der Waals surface area contributed by atoms with Crippen LogP contribution in [0.5, 0.6) is 11.5 Å². The Hall–Kier alpha value is -3.91. The van der Waals surface area contributed by atoms with E-state index in [4.69, 9.17) is 21.7 Å². The highest BCUT2D eigenvalue weighted by atomic mass is 32.1. The van der Waals surface area contributed by atoms with Crippen molar-refractivity contribution in [1.82, 2.24) is 14.9 Å². The molecule has 2 aromatic carbocycles. The van der Waals surface area contributed by atoms with Crippen LogP contribution in [-0.4, -0.2) is 21.5 Å². The van der Waals surface area contributed by atoms with Crippen molar-refractivity contribution in [2.24, 2.45) is 0 Å². The van der Waals surface area contributed by atoms with Crippen LogP contribution in [0.2, 0.25) is 0 Å². The number of benzene rings is 2. The number of para-hydroxylation sites is 1. The molecule has 4 aromatic rings. The predicted octanol–water partition coefficient (Wildman–Crippen LogP) is 5.53. The van der Waals surface area contributed by atoms with Gasteiger partial charge in [-0.05, 0) is 74.1 Å². The van der Waals surface area contributed by atoms with Crippen LogP contribution in [-0.2, 0) is 0 Å². The number of ether oxygens (including phenoxy) is 2. The molecule has 0 amide bonds. The molecule has 1 fully saturated rings. The number of pyridine rings is 1. The molecule has 1 N–H and O–H groups in total. The highest BCUT2D eigenvalue weighted by Crippen LogP contribution is 2.44. The number of anilines is 1. The average Bonchev–Trinajstić information content (AvgIpc) is 3.55. The minimum atomic E-state index is -0.326. The molecular formula is C27H23FN4O2S. The zero-order chi connectivity index (χ0) is 24.1. The molecule has 2 aromatic heterocycles. The van der Waals surface area contributed by atoms with Gasteiger partial charge in [0.05, 0.1) is 23.5 Å². The third-order valence-corrected chi connectivity index (χ3v) is 6.93. The van der Waals surface area contributed by atoms with E-state index in [9.17, 15) is 0 Å². The van der Waals surface area contributed by atoms with Gasteiger partial charge in [0.2, 0.25) is 6.79 Å². The van der Waals surface area contributed by atoms with Crippen LogP contribution in [0.25, 0.3) is 5.69 Å². The highest BCUT2D eigenvalue weighted by Gasteiger charge is 2.43. The number of hydrogen-bond donors (Lipinski definition) is 1. The lowest BCUT2D eigenvalue weighted by atomic mass is 9.96. The van der Waals surface area contributed by atoms with Gasteiger partial charge in [0, 0.05) is 29.3 Å². The van der Waals surface area contributed by atoms with Crippen molar-refractivity contribution in [3.8, 4) is 17.2 Å². The second-order valence-corrected chi connectivity index (χ2v) is 9.03. The molecule has 4 heterocycles. The first-order valence-corrected chi connectivity index (χ1v) is 11.8. The molecule has 2 atom stereocenters. The number of nitrogens with zero attached hydrogens (tertiary/aromatic N) is 3. The highest BCUT2D eigenvalue weighted by molar-refractivity contribution is 7.80. The number of aromatic nitrogens is 2. The van der Waals surface area contributed by atoms with Gasteiger partial charge in [0.25, 0.3) is 0 Å². The summed E-state index contributed by atoms with van der Waals surface area (Å²) in [5, 5.41) is 3.87. The van der Waals surface area contributed by atoms with Crippen LogP contribution < -0.4 is 19.7 Å². The summed E-state index contributed by atoms with van der Waals surface area (Å²) in [6.45, 7) is 4.36. The Morgan fingerprint density at radius 3 is 2.60 bits per heavy atom. The third kappa shape index (κ3) is 3.52. The van der Waals surface area contributed by atoms with Crippen molar-refractivity contribution in [2.45, 2.75) is 25.9 Å². The molecule has 0 aliphatic carbocycles. The molecule has 0 saturated carbocycles. The molecule has 6 rings (SSSR count). The Kier molecular flexibility index (Phi) is 5.18. The lowest BCUT2D eigenvalue weighted by Gasteiger charge is -2.28. The second-order valence-electron chi connectivity index (χ2n) is 8.65. The summed E-state index contributed by atoms with van der Waals surface area (Å²) in [6, 6.07) is 20.0. The number of hydrogen-bond acceptors (Lipinski definition) is 4. The number of halogens is 1. The maximum atomic E-state index is 15.0. The molecule has 0 unspecified atom stereocenters. The first kappa shape index (κ1) is 21.6. The van der Waals surface area contributed by atoms with Gasteiger partial charge in [-0.25, -0.2) is 4.39 Å². The molecule has 176 valence electrons. The molecular weight excluding hydrogens is 463 g/mol. The van der Waals surface area contributed by atoms with Crippen LogP contribution in [0.15, 0.2) is 72.9 Å². The normalized spacial score (nSPS) is 18.7. The van der Waals surface area contributed by atoms with Crippen molar-refractivity contribution >= 4 is 23.0 Å². The predicted molar refractivity (Wildman–Crippen MR) is 136 cm³/mol. The summed E-state index contributed by atoms with van der Waals surface area (Å²) in [5.74, 6) is 1.13. The minimum absolute atomic E-state index is 0.224. The second kappa shape index (κ2) is 8.39. The fraction of sp³-hybridized carbons (Fsp3) is 0.185. The Morgan fingerprint density at radius 2 is 1.80 bits per heavy atom. The van der Waals surface area contributed by atoms with Gasteiger partial charge in [0.1, 0.15) is 5.82 Å². The van der Waals surface area contributed by atoms with Gasteiger partial charge in [0.15, 0.2) is 16.6 Å². The number of fused-ring (bicyclic) bond motifs is 1. The van der Waals surface area contributed by atoms with Crippen LogP contribution in [0.4, 0.5) is 10.1 Å². The number of thiocarbonyl (C=S) groups is 1. The Balaban J connectivity index is 1.51. The molecule has 35 heavy (non-hydrogen) atoms. The fourth-order valence-electron chi connectivity index (χ4n) is 5.09. The van der Waals surface area contributed by atoms with E-state index in [-0.39, 0.29) is 24.7 Å². The molecule has 2 aliphatic heterocycles. The SMILES string of the molecule is Cc1cc([C@@H]2[C@@H](c3ccccn3)NC(=S)N2c2ccccc2F)c(C)n1-c1ccc2c(c1)OCO2. The summed E-state index contributed by atoms with van der Waals surface area (Å²) in [6.07, 6.45) is 1.76. The van der Waals surface area contributed by atoms with E-state index < -0.39 is 0 Å². The van der Waals surface area contributed by atoms with E-state index in [2.05, 4.69) is 34.8 Å². The minimum Gasteiger partial charge on any atom is -0.454 e. The number of nitrogens with one attached hydrogen (secondary N) is 1. The first-order chi connectivity index (χ1) is 17.0. The smallest absolute Gasteiger partial charge is 0.231 e. The zero-order valence-corrected chi connectivity index (χ0v) is 20.1. The van der Waals surface area contributed by atoms with Gasteiger partial charge in [-0.2, -0.15) is 0 Å². The van der Waals surface area contributed by atoms with Crippen LogP contribution in [0, 0.1) is 19.7 Å². The number of aryl methyl sites for hydroxylation is 1. The van der Waals surface area contributed by atoms with E-state index in [0.29, 0.717) is 10.8 Å². The van der Waals surface area contributed by atoms with Gasteiger partial charge in [-0.15, -0.1) is 0 Å². The standard InChI is InChI=1S/C27H23FN4O2S/c1-16-13-19(17(2)31(16)18-10-11-23-24(14-18)34-15-33-23)26-25(21-8-5-6-12-29-21)30-27(35)32(26)22-9-4-3-7-20(22)28/h3-14,25-26H,15H2,1-2H3,(H,30,35)/t25-,26-/m1/s1. The maximum absolute atomic E-state index is 15.0. The van der Waals surface area contributed by atoms with Crippen molar-refractivity contribution in [3.05, 3.63) is 101 Å². The Labute approximate surface area is 207 Å². The van der Waals surface area contributed by atoms with E-state index in [0.717, 1.165) is 39.8 Å². The largest absolute Gasteiger partial charge is 0.454 e. The van der Waals surface area contributed by atoms with Crippen molar-refractivity contribution < 1.29 is 13.9 Å². The van der Waals surface area contributed by atoms with E-state index >= 15 is 4.39 Å². The molecule has 6 nitrogen and oxygen atoms in total. The van der Waals surface area contributed by atoms with Gasteiger partial charge < -0.3 is 24.3 Å². The molecule has 0 spiro atoms. The quantitative estimate of drug-likeness (QED) is 0.383. The zero-order valence-electron chi connectivity index (χ0n) is 19.2. The first-order valence-electron chi connectivity index (χ1n) is 11.4. The van der Waals surface area contributed by atoms with Gasteiger partial charge in [-0.1, -0.05) is 18.2 Å². The lowest BCUT2D eigenvalue weighted by molar-refractivity contribution is 0.174. The Morgan fingerprint density at radius 1 is 1.00 bits per heavy atom. The Bertz CT molecular complexity index is 1440. The summed E-state index contributed by atoms with van der Waals surface area (Å²) in [5.41, 5.74) is 5.35. The van der Waals surface area contributed by atoms with Crippen LogP contribution >= 0.6 is 12.2 Å². The van der Waals surface area contributed by atoms with Crippen LogP contribution in [0.3, 0.4) is 0 Å². The van der Waals surface area contributed by atoms with E-state index in [1.807, 2.05) is 47.4 Å². The van der Waals surface area contributed by atoms with Crippen molar-refractivity contribution in [1.29, 1.82) is 0 Å². The summed E-state index contributed by atoms with van der Waals surface area (Å²) in [7, 11) is 0. The average molecular weight is 487 g/mol. The van der Waals surface area contributed by atoms with Crippen molar-refractivity contribution in [2.75, 3.05) is 11.7 Å². The maximum Gasteiger partial charge on any atom is 0.231 e. The summed E-state index contributed by atoms with van der Waals surface area (Å²) >= 11 is 5.75. The fourth-order valence-corrected chi connectivity index (χ4v) is 5.43. The molecule has 0 radical (unpaired) electrons. The summed E-state index contributed by atoms with van der Waals surface area (Å²) in [4.78, 5) is 6.47. The van der Waals surface area contributed by atoms with Crippen molar-refractivity contribution in [3.63, 3.8) is 0 Å². The van der Waals surface area contributed by atoms with E-state index in [1.165, 1.54) is 6.07 Å². The lowest BCUT2D eigenvalue weighted by Crippen LogP contribution is -2.30. The molecule has 2 aliphatic rings. The molecule has 0 bridgehead atoms. The monoisotopic (exact) mass is 486 g/mol.